The lowest BCUT2D eigenvalue weighted by Crippen LogP contribution is -2.39. The second-order valence-corrected chi connectivity index (χ2v) is 7.26. The minimum Gasteiger partial charge on any atom is -0.493 e. The maximum atomic E-state index is 12.0. The Morgan fingerprint density at radius 2 is 1.75 bits per heavy atom. The highest BCUT2D eigenvalue weighted by molar-refractivity contribution is 6.35. The molecule has 0 unspecified atom stereocenters. The molecule has 0 saturated heterocycles. The molecule has 32 heavy (non-hydrogen) atoms. The van der Waals surface area contributed by atoms with Gasteiger partial charge in [0.25, 0.3) is 5.91 Å². The molecule has 0 aliphatic rings. The number of benzene rings is 2. The highest BCUT2D eigenvalue weighted by Crippen LogP contribution is 2.27. The number of amides is 3. The van der Waals surface area contributed by atoms with E-state index in [-0.39, 0.29) is 18.4 Å². The van der Waals surface area contributed by atoms with Crippen molar-refractivity contribution in [3.8, 4) is 11.5 Å². The summed E-state index contributed by atoms with van der Waals surface area (Å²) in [6, 6.07) is 14.5. The van der Waals surface area contributed by atoms with Gasteiger partial charge in [0.2, 0.25) is 0 Å². The van der Waals surface area contributed by atoms with Crippen LogP contribution in [0.3, 0.4) is 0 Å². The predicted octanol–water partition coefficient (Wildman–Crippen LogP) is 1.61. The van der Waals surface area contributed by atoms with Crippen molar-refractivity contribution < 1.29 is 23.9 Å². The van der Waals surface area contributed by atoms with Crippen LogP contribution in [-0.2, 0) is 20.9 Å². The summed E-state index contributed by atoms with van der Waals surface area (Å²) in [4.78, 5) is 35.3. The number of carbonyl (C=O) groups excluding carboxylic acids is 3. The van der Waals surface area contributed by atoms with Gasteiger partial charge in [-0.05, 0) is 35.2 Å². The Balaban J connectivity index is 1.84. The first-order valence-corrected chi connectivity index (χ1v) is 10.1. The molecule has 0 aliphatic heterocycles. The van der Waals surface area contributed by atoms with Crippen molar-refractivity contribution in [3.63, 3.8) is 0 Å². The molecule has 2 aromatic rings. The Kier molecular flexibility index (Phi) is 9.70. The van der Waals surface area contributed by atoms with Gasteiger partial charge in [-0.1, -0.05) is 44.2 Å². The first kappa shape index (κ1) is 24.4. The molecular weight excluding hydrogens is 412 g/mol. The average Bonchev–Trinajstić information content (AvgIpc) is 2.80. The Hall–Kier alpha value is -3.88. The first-order chi connectivity index (χ1) is 15.4. The lowest BCUT2D eigenvalue weighted by atomic mass is 10.2. The summed E-state index contributed by atoms with van der Waals surface area (Å²) in [5, 5.41) is 9.06. The van der Waals surface area contributed by atoms with E-state index in [1.54, 1.807) is 18.2 Å². The van der Waals surface area contributed by atoms with Gasteiger partial charge in [0.05, 0.1) is 13.3 Å². The Bertz CT molecular complexity index is 945. The second-order valence-electron chi connectivity index (χ2n) is 7.26. The van der Waals surface area contributed by atoms with Crippen LogP contribution in [0.4, 0.5) is 0 Å². The second kappa shape index (κ2) is 12.7. The third-order valence-electron chi connectivity index (χ3n) is 4.14. The van der Waals surface area contributed by atoms with Crippen molar-refractivity contribution in [2.75, 3.05) is 20.3 Å². The predicted molar refractivity (Wildman–Crippen MR) is 120 cm³/mol. The van der Waals surface area contributed by atoms with E-state index in [1.807, 2.05) is 44.2 Å². The van der Waals surface area contributed by atoms with Gasteiger partial charge in [-0.3, -0.25) is 14.4 Å². The Morgan fingerprint density at radius 3 is 2.44 bits per heavy atom. The summed E-state index contributed by atoms with van der Waals surface area (Å²) in [5.74, 6) is -0.848. The van der Waals surface area contributed by atoms with Crippen LogP contribution >= 0.6 is 0 Å². The maximum Gasteiger partial charge on any atom is 0.329 e. The third kappa shape index (κ3) is 8.47. The van der Waals surface area contributed by atoms with Gasteiger partial charge in [0.15, 0.2) is 18.1 Å². The van der Waals surface area contributed by atoms with Crippen LogP contribution in [0.1, 0.15) is 25.0 Å². The quantitative estimate of drug-likeness (QED) is 0.295. The van der Waals surface area contributed by atoms with Gasteiger partial charge in [-0.2, -0.15) is 5.10 Å². The van der Waals surface area contributed by atoms with Gasteiger partial charge in [0, 0.05) is 13.1 Å². The fourth-order valence-corrected chi connectivity index (χ4v) is 2.47. The molecule has 0 aromatic heterocycles. The van der Waals surface area contributed by atoms with Crippen molar-refractivity contribution in [3.05, 3.63) is 59.7 Å². The Morgan fingerprint density at radius 1 is 1.00 bits per heavy atom. The largest absolute Gasteiger partial charge is 0.493 e. The van der Waals surface area contributed by atoms with Crippen molar-refractivity contribution in [1.82, 2.24) is 16.1 Å². The minimum atomic E-state index is -0.852. The number of carbonyl (C=O) groups is 3. The first-order valence-electron chi connectivity index (χ1n) is 10.1. The van der Waals surface area contributed by atoms with Crippen molar-refractivity contribution in [2.45, 2.75) is 20.4 Å². The number of hydrogen-bond acceptors (Lipinski definition) is 6. The van der Waals surface area contributed by atoms with E-state index < -0.39 is 11.8 Å². The molecule has 2 rings (SSSR count). The summed E-state index contributed by atoms with van der Waals surface area (Å²) >= 11 is 0. The molecule has 3 amide bonds. The van der Waals surface area contributed by atoms with E-state index in [2.05, 4.69) is 21.2 Å². The molecule has 0 bridgehead atoms. The van der Waals surface area contributed by atoms with E-state index in [0.717, 1.165) is 5.56 Å². The van der Waals surface area contributed by atoms with E-state index in [4.69, 9.17) is 9.47 Å². The van der Waals surface area contributed by atoms with Crippen LogP contribution in [0.15, 0.2) is 53.6 Å². The average molecular weight is 441 g/mol. The normalized spacial score (nSPS) is 10.6. The Labute approximate surface area is 187 Å². The van der Waals surface area contributed by atoms with E-state index in [1.165, 1.54) is 13.3 Å². The highest BCUT2D eigenvalue weighted by atomic mass is 16.5. The molecule has 3 N–H and O–H groups in total. The zero-order valence-corrected chi connectivity index (χ0v) is 18.4. The van der Waals surface area contributed by atoms with Gasteiger partial charge < -0.3 is 20.1 Å². The van der Waals surface area contributed by atoms with Crippen LogP contribution in [0.2, 0.25) is 0 Å². The number of ether oxygens (including phenoxy) is 2. The minimum absolute atomic E-state index is 0.168. The molecule has 0 aliphatic carbocycles. The number of rotatable bonds is 10. The van der Waals surface area contributed by atoms with Gasteiger partial charge in [-0.15, -0.1) is 0 Å². The van der Waals surface area contributed by atoms with E-state index in [9.17, 15) is 14.4 Å². The summed E-state index contributed by atoms with van der Waals surface area (Å²) in [5.41, 5.74) is 3.76. The molecule has 170 valence electrons. The number of hydrogen-bond donors (Lipinski definition) is 3. The molecule has 2 aromatic carbocycles. The molecule has 0 saturated carbocycles. The zero-order valence-electron chi connectivity index (χ0n) is 18.4. The van der Waals surface area contributed by atoms with Crippen molar-refractivity contribution in [1.29, 1.82) is 0 Å². The van der Waals surface area contributed by atoms with Gasteiger partial charge >= 0.3 is 11.8 Å². The van der Waals surface area contributed by atoms with Crippen LogP contribution in [0, 0.1) is 5.92 Å². The fourth-order valence-electron chi connectivity index (χ4n) is 2.47. The number of hydrazone groups is 1. The van der Waals surface area contributed by atoms with Crippen molar-refractivity contribution >= 4 is 23.9 Å². The smallest absolute Gasteiger partial charge is 0.329 e. The molecule has 9 nitrogen and oxygen atoms in total. The van der Waals surface area contributed by atoms with Crippen molar-refractivity contribution in [2.24, 2.45) is 11.0 Å². The molecule has 9 heteroatoms. The topological polar surface area (TPSA) is 118 Å². The maximum absolute atomic E-state index is 12.0. The monoisotopic (exact) mass is 440 g/mol. The standard InChI is InChI=1S/C23H28N4O5/c1-16(2)12-25-22(29)23(30)27-26-14-18-9-10-19(20(11-18)31-3)32-15-21(28)24-13-17-7-5-4-6-8-17/h4-11,14,16H,12-13,15H2,1-3H3,(H,24,28)(H,25,29)(H,27,30)/b26-14-. The van der Waals surface area contributed by atoms with Crippen LogP contribution in [-0.4, -0.2) is 44.2 Å². The van der Waals surface area contributed by atoms with Crippen LogP contribution in [0.25, 0.3) is 0 Å². The molecule has 0 radical (unpaired) electrons. The highest BCUT2D eigenvalue weighted by Gasteiger charge is 2.12. The van der Waals surface area contributed by atoms with Crippen LogP contribution in [0.5, 0.6) is 11.5 Å². The van der Waals surface area contributed by atoms with E-state index in [0.29, 0.717) is 30.2 Å². The number of methoxy groups -OCH3 is 1. The fraction of sp³-hybridized carbons (Fsp3) is 0.304. The third-order valence-corrected chi connectivity index (χ3v) is 4.14. The SMILES string of the molecule is COc1cc(/C=N\NC(=O)C(=O)NCC(C)C)ccc1OCC(=O)NCc1ccccc1. The van der Waals surface area contributed by atoms with Crippen LogP contribution < -0.4 is 25.5 Å². The van der Waals surface area contributed by atoms with Gasteiger partial charge in [-0.25, -0.2) is 5.43 Å². The number of nitrogens with one attached hydrogen (secondary N) is 3. The summed E-state index contributed by atoms with van der Waals surface area (Å²) < 4.78 is 10.8. The molecule has 0 atom stereocenters. The summed E-state index contributed by atoms with van der Waals surface area (Å²) in [6.07, 6.45) is 1.37. The molecule has 0 fully saturated rings. The zero-order chi connectivity index (χ0) is 23.3. The lowest BCUT2D eigenvalue weighted by molar-refractivity contribution is -0.139. The van der Waals surface area contributed by atoms with Gasteiger partial charge in [0.1, 0.15) is 0 Å². The number of nitrogens with zero attached hydrogens (tertiary/aromatic N) is 1. The summed E-state index contributed by atoms with van der Waals surface area (Å²) in [6.45, 7) is 4.50. The molecule has 0 heterocycles. The van der Waals surface area contributed by atoms with E-state index >= 15 is 0 Å². The summed E-state index contributed by atoms with van der Waals surface area (Å²) in [7, 11) is 1.47. The lowest BCUT2D eigenvalue weighted by Gasteiger charge is -2.11. The molecule has 0 spiro atoms. The molecular formula is C23H28N4O5.